The molecular weight excluding hydrogens is 422 g/mol. The summed E-state index contributed by atoms with van der Waals surface area (Å²) < 4.78 is 60.2. The van der Waals surface area contributed by atoms with Gasteiger partial charge in [0, 0.05) is 18.0 Å². The molecule has 1 aromatic carbocycles. The van der Waals surface area contributed by atoms with Crippen LogP contribution in [-0.4, -0.2) is 17.5 Å². The molecule has 0 amide bonds. The Morgan fingerprint density at radius 3 is 2.57 bits per heavy atom. The summed E-state index contributed by atoms with van der Waals surface area (Å²) >= 11 is 5.98. The van der Waals surface area contributed by atoms with Gasteiger partial charge < -0.3 is 15.2 Å². The van der Waals surface area contributed by atoms with E-state index in [1.165, 1.54) is 25.1 Å². The quantitative estimate of drug-likeness (QED) is 0.283. The Morgan fingerprint density at radius 2 is 2.00 bits per heavy atom. The summed E-state index contributed by atoms with van der Waals surface area (Å²) in [5.74, 6) is -0.820. The van der Waals surface area contributed by atoms with Crippen molar-refractivity contribution in [2.24, 2.45) is 5.92 Å². The van der Waals surface area contributed by atoms with Crippen molar-refractivity contribution in [1.29, 1.82) is 5.41 Å². The summed E-state index contributed by atoms with van der Waals surface area (Å²) in [5.41, 5.74) is -1.77. The van der Waals surface area contributed by atoms with Gasteiger partial charge in [-0.15, -0.1) is 0 Å². The van der Waals surface area contributed by atoms with Crippen molar-refractivity contribution in [1.82, 2.24) is 10.5 Å². The number of alkyl halides is 3. The van der Waals surface area contributed by atoms with Crippen molar-refractivity contribution >= 4 is 23.4 Å². The van der Waals surface area contributed by atoms with Crippen LogP contribution >= 0.6 is 11.6 Å². The lowest BCUT2D eigenvalue weighted by Crippen LogP contribution is -2.27. The lowest BCUT2D eigenvalue weighted by molar-refractivity contribution is -0.0950. The first kappa shape index (κ1) is 23.4. The van der Waals surface area contributed by atoms with Gasteiger partial charge in [-0.2, -0.15) is 13.2 Å². The van der Waals surface area contributed by atoms with Gasteiger partial charge in [-0.05, 0) is 31.1 Å². The summed E-state index contributed by atoms with van der Waals surface area (Å²) in [6.45, 7) is 5.33. The molecule has 1 aromatic heterocycles. The molecule has 0 saturated carbocycles. The molecule has 0 radical (unpaired) electrons. The highest BCUT2D eigenvalue weighted by Gasteiger charge is 2.38. The summed E-state index contributed by atoms with van der Waals surface area (Å²) in [5, 5.41) is 13.4. The van der Waals surface area contributed by atoms with Crippen LogP contribution in [0.25, 0.3) is 16.8 Å². The average Bonchev–Trinajstić information content (AvgIpc) is 3.09. The second-order valence-electron chi connectivity index (χ2n) is 6.71. The Labute approximate surface area is 176 Å². The zero-order valence-electron chi connectivity index (χ0n) is 16.4. The van der Waals surface area contributed by atoms with Gasteiger partial charge in [-0.3, -0.25) is 0 Å². The number of aromatic nitrogens is 1. The van der Waals surface area contributed by atoms with Gasteiger partial charge in [0.25, 0.3) is 0 Å². The zero-order valence-corrected chi connectivity index (χ0v) is 17.2. The van der Waals surface area contributed by atoms with Crippen LogP contribution in [0.3, 0.4) is 0 Å². The Kier molecular flexibility index (Phi) is 7.61. The van der Waals surface area contributed by atoms with Gasteiger partial charge in [0.05, 0.1) is 16.2 Å². The highest BCUT2D eigenvalue weighted by atomic mass is 35.5. The summed E-state index contributed by atoms with van der Waals surface area (Å²) in [4.78, 5) is 0. The summed E-state index contributed by atoms with van der Waals surface area (Å²) in [6.07, 6.45) is 0.628. The van der Waals surface area contributed by atoms with Crippen LogP contribution in [0.2, 0.25) is 5.02 Å². The van der Waals surface area contributed by atoms with E-state index in [-0.39, 0.29) is 33.7 Å². The molecule has 9 heteroatoms. The maximum Gasteiger partial charge on any atom is 0.432 e. The van der Waals surface area contributed by atoms with E-state index in [1.54, 1.807) is 6.08 Å². The van der Waals surface area contributed by atoms with Crippen LogP contribution in [-0.2, 0) is 0 Å². The molecule has 0 unspecified atom stereocenters. The largest absolute Gasteiger partial charge is 0.432 e. The molecule has 1 heterocycles. The van der Waals surface area contributed by atoms with Crippen LogP contribution in [0.5, 0.6) is 0 Å². The molecule has 2 rings (SSSR count). The van der Waals surface area contributed by atoms with Gasteiger partial charge in [-0.1, -0.05) is 48.8 Å². The van der Waals surface area contributed by atoms with Crippen molar-refractivity contribution in [3.05, 3.63) is 70.5 Å². The maximum absolute atomic E-state index is 14.1. The molecule has 0 aliphatic carbocycles. The second-order valence-corrected chi connectivity index (χ2v) is 7.11. The first-order chi connectivity index (χ1) is 14.0. The lowest BCUT2D eigenvalue weighted by atomic mass is 10.1. The van der Waals surface area contributed by atoms with Crippen LogP contribution in [0.4, 0.5) is 17.6 Å². The normalized spacial score (nSPS) is 13.7. The van der Waals surface area contributed by atoms with Crippen LogP contribution in [0.15, 0.2) is 58.4 Å². The standard InChI is InChI=1S/C21H20ClF4N3O/c1-12(2)6-4-7-13(3)28-20(21(24,25)26)14(11-27)18-10-17(29-30-18)19-15(22)8-5-9-16(19)23/h4-12,27-28H,1-3H3/b6-4-,13-7+,20-14+,27-11?. The Morgan fingerprint density at radius 1 is 1.30 bits per heavy atom. The van der Waals surface area contributed by atoms with E-state index in [9.17, 15) is 17.6 Å². The fourth-order valence-corrected chi connectivity index (χ4v) is 2.74. The van der Waals surface area contributed by atoms with Crippen molar-refractivity contribution < 1.29 is 22.1 Å². The third-order valence-corrected chi connectivity index (χ3v) is 4.17. The Hall–Kier alpha value is -2.87. The van der Waals surface area contributed by atoms with Crippen molar-refractivity contribution in [3.63, 3.8) is 0 Å². The van der Waals surface area contributed by atoms with Gasteiger partial charge >= 0.3 is 6.18 Å². The highest BCUT2D eigenvalue weighted by molar-refractivity contribution is 6.33. The number of nitrogens with zero attached hydrogens (tertiary/aromatic N) is 1. The number of hydrogen-bond acceptors (Lipinski definition) is 4. The second kappa shape index (κ2) is 9.75. The van der Waals surface area contributed by atoms with Gasteiger partial charge in [0.1, 0.15) is 17.2 Å². The molecule has 4 nitrogen and oxygen atoms in total. The SMILES string of the molecule is C/C(=C\C=C/C(C)C)N/C(=C(\C=N)c1cc(-c2c(F)cccc2Cl)no1)C(F)(F)F. The first-order valence-electron chi connectivity index (χ1n) is 8.90. The van der Waals surface area contributed by atoms with Crippen LogP contribution < -0.4 is 5.32 Å². The minimum atomic E-state index is -4.81. The van der Waals surface area contributed by atoms with E-state index >= 15 is 0 Å². The minimum Gasteiger partial charge on any atom is -0.356 e. The van der Waals surface area contributed by atoms with Crippen molar-refractivity contribution in [2.75, 3.05) is 0 Å². The molecule has 0 atom stereocenters. The van der Waals surface area contributed by atoms with Crippen LogP contribution in [0.1, 0.15) is 26.5 Å². The van der Waals surface area contributed by atoms with Gasteiger partial charge in [0.2, 0.25) is 0 Å². The third kappa shape index (κ3) is 5.82. The molecule has 0 aliphatic heterocycles. The number of rotatable bonds is 7. The van der Waals surface area contributed by atoms with E-state index in [2.05, 4.69) is 10.5 Å². The molecular formula is C21H20ClF4N3O. The number of hydrogen-bond donors (Lipinski definition) is 2. The maximum atomic E-state index is 14.1. The average molecular weight is 442 g/mol. The number of allylic oxidation sites excluding steroid dienone is 6. The summed E-state index contributed by atoms with van der Waals surface area (Å²) in [6, 6.07) is 5.06. The minimum absolute atomic E-state index is 0.0279. The molecule has 2 N–H and O–H groups in total. The van der Waals surface area contributed by atoms with E-state index in [0.29, 0.717) is 6.21 Å². The smallest absolute Gasteiger partial charge is 0.356 e. The van der Waals surface area contributed by atoms with E-state index in [4.69, 9.17) is 21.5 Å². The highest BCUT2D eigenvalue weighted by Crippen LogP contribution is 2.34. The topological polar surface area (TPSA) is 61.9 Å². The molecule has 0 fully saturated rings. The number of halogens is 5. The predicted molar refractivity (Wildman–Crippen MR) is 110 cm³/mol. The van der Waals surface area contributed by atoms with E-state index in [1.807, 2.05) is 19.9 Å². The Balaban J connectivity index is 2.51. The monoisotopic (exact) mass is 441 g/mol. The molecule has 2 aromatic rings. The molecule has 30 heavy (non-hydrogen) atoms. The van der Waals surface area contributed by atoms with Crippen molar-refractivity contribution in [3.8, 4) is 11.3 Å². The molecule has 0 spiro atoms. The third-order valence-electron chi connectivity index (χ3n) is 3.86. The predicted octanol–water partition coefficient (Wildman–Crippen LogP) is 6.76. The fourth-order valence-electron chi connectivity index (χ4n) is 2.48. The zero-order chi connectivity index (χ0) is 22.5. The lowest BCUT2D eigenvalue weighted by Gasteiger charge is -2.16. The van der Waals surface area contributed by atoms with Crippen molar-refractivity contribution in [2.45, 2.75) is 26.9 Å². The molecule has 160 valence electrons. The Bertz CT molecular complexity index is 984. The number of benzene rings is 1. The number of nitrogens with one attached hydrogen (secondary N) is 2. The van der Waals surface area contributed by atoms with E-state index in [0.717, 1.165) is 12.1 Å². The van der Waals surface area contributed by atoms with Gasteiger partial charge in [0.15, 0.2) is 5.76 Å². The molecule has 0 saturated heterocycles. The van der Waals surface area contributed by atoms with E-state index < -0.39 is 23.3 Å². The molecule has 0 aliphatic rings. The fraction of sp³-hybridized carbons (Fsp3) is 0.238. The molecule has 0 bridgehead atoms. The van der Waals surface area contributed by atoms with Crippen LogP contribution in [0, 0.1) is 17.1 Å². The first-order valence-corrected chi connectivity index (χ1v) is 9.28. The summed E-state index contributed by atoms with van der Waals surface area (Å²) in [7, 11) is 0. The van der Waals surface area contributed by atoms with Gasteiger partial charge in [-0.25, -0.2) is 4.39 Å².